The van der Waals surface area contributed by atoms with Crippen molar-refractivity contribution in [2.45, 2.75) is 61.2 Å². The Kier molecular flexibility index (Phi) is 6.24. The number of halogens is 4. The maximum atomic E-state index is 16.3. The topological polar surface area (TPSA) is 96.5 Å². The molecule has 3 aromatic rings. The SMILES string of the molecule is CN1CCC(O)(COc2ccc(C34CC(C(F)(F)[C@@](O)(Cn5cnnn5)c5ccc(F)cc5F)(C3)C4)cc2)CC1. The molecule has 4 aliphatic rings. The van der Waals surface area contributed by atoms with Crippen LogP contribution in [0.2, 0.25) is 0 Å². The number of alkyl halides is 2. The number of tetrazole rings is 1. The second-order valence-corrected chi connectivity index (χ2v) is 12.0. The molecule has 2 N–H and O–H groups in total. The highest BCUT2D eigenvalue weighted by molar-refractivity contribution is 5.44. The highest BCUT2D eigenvalue weighted by Gasteiger charge is 2.82. The summed E-state index contributed by atoms with van der Waals surface area (Å²) in [6, 6.07) is 9.43. The average molecular weight is 562 g/mol. The Morgan fingerprint density at radius 1 is 1.02 bits per heavy atom. The normalized spacial score (nSPS) is 27.4. The Labute approximate surface area is 228 Å². The predicted octanol–water partition coefficient (Wildman–Crippen LogP) is 3.43. The molecule has 1 saturated heterocycles. The molecule has 214 valence electrons. The van der Waals surface area contributed by atoms with Gasteiger partial charge in [-0.3, -0.25) is 0 Å². The monoisotopic (exact) mass is 561 g/mol. The number of piperidine rings is 1. The van der Waals surface area contributed by atoms with Crippen molar-refractivity contribution in [1.82, 2.24) is 25.1 Å². The van der Waals surface area contributed by atoms with E-state index in [2.05, 4.69) is 20.4 Å². The van der Waals surface area contributed by atoms with Gasteiger partial charge in [-0.15, -0.1) is 5.10 Å². The fourth-order valence-corrected chi connectivity index (χ4v) is 6.83. The zero-order valence-corrected chi connectivity index (χ0v) is 22.0. The van der Waals surface area contributed by atoms with Crippen LogP contribution in [-0.4, -0.2) is 73.6 Å². The van der Waals surface area contributed by atoms with Gasteiger partial charge in [-0.1, -0.05) is 12.1 Å². The van der Waals surface area contributed by atoms with Crippen molar-refractivity contribution in [3.63, 3.8) is 0 Å². The van der Waals surface area contributed by atoms with E-state index in [1.807, 2.05) is 19.2 Å². The van der Waals surface area contributed by atoms with E-state index in [4.69, 9.17) is 4.74 Å². The van der Waals surface area contributed by atoms with E-state index < -0.39 is 51.7 Å². The van der Waals surface area contributed by atoms with Crippen LogP contribution >= 0.6 is 0 Å². The van der Waals surface area contributed by atoms with Crippen LogP contribution in [0.25, 0.3) is 0 Å². The first-order chi connectivity index (χ1) is 18.9. The molecular formula is C28H31F4N5O3. The van der Waals surface area contributed by atoms with Crippen molar-refractivity contribution in [2.24, 2.45) is 5.41 Å². The Hall–Kier alpha value is -3.09. The van der Waals surface area contributed by atoms with Crippen molar-refractivity contribution in [3.05, 3.63) is 71.6 Å². The van der Waals surface area contributed by atoms with Gasteiger partial charge in [0.15, 0.2) is 5.60 Å². The number of ether oxygens (including phenoxy) is 1. The highest BCUT2D eigenvalue weighted by Crippen LogP contribution is 2.80. The molecule has 4 fully saturated rings. The number of aliphatic hydroxyl groups is 2. The lowest BCUT2D eigenvalue weighted by atomic mass is 9.30. The smallest absolute Gasteiger partial charge is 0.287 e. The maximum Gasteiger partial charge on any atom is 0.287 e. The zero-order valence-electron chi connectivity index (χ0n) is 22.0. The van der Waals surface area contributed by atoms with Crippen molar-refractivity contribution in [1.29, 1.82) is 0 Å². The molecule has 12 heteroatoms. The molecule has 0 amide bonds. The Balaban J connectivity index is 1.18. The number of likely N-dealkylation sites (tertiary alicyclic amines) is 1. The highest BCUT2D eigenvalue weighted by atomic mass is 19.3. The van der Waals surface area contributed by atoms with Crippen LogP contribution in [0.4, 0.5) is 17.6 Å². The summed E-state index contributed by atoms with van der Waals surface area (Å²) in [5, 5.41) is 32.7. The average Bonchev–Trinajstić information content (AvgIpc) is 3.36. The standard InChI is InChI=1S/C28H31F4N5O3/c1-36-10-8-26(38,9-11-36)17-40-21-5-2-19(3-6-21)24-13-25(14-24,15-24)28(31,32)27(39,16-37-18-33-34-35-37)22-7-4-20(29)12-23(22)30/h2-7,12,18,38-39H,8-11,13-17H2,1H3/t24?,25?,27-/m1/s1. The van der Waals surface area contributed by atoms with Crippen LogP contribution in [0.5, 0.6) is 5.75 Å². The van der Waals surface area contributed by atoms with E-state index in [-0.39, 0.29) is 25.9 Å². The molecule has 1 aromatic heterocycles. The quantitative estimate of drug-likeness (QED) is 0.387. The molecule has 7 rings (SSSR count). The summed E-state index contributed by atoms with van der Waals surface area (Å²) < 4.78 is 67.9. The van der Waals surface area contributed by atoms with Crippen LogP contribution in [0, 0.1) is 17.0 Å². The third-order valence-electron chi connectivity index (χ3n) is 9.27. The van der Waals surface area contributed by atoms with Gasteiger partial charge in [0.2, 0.25) is 0 Å². The van der Waals surface area contributed by atoms with Gasteiger partial charge in [0.05, 0.1) is 6.54 Å². The van der Waals surface area contributed by atoms with Gasteiger partial charge in [0.1, 0.15) is 35.9 Å². The number of nitrogens with zero attached hydrogens (tertiary/aromatic N) is 5. The van der Waals surface area contributed by atoms with Gasteiger partial charge in [-0.2, -0.15) is 0 Å². The van der Waals surface area contributed by atoms with Gasteiger partial charge < -0.3 is 19.8 Å². The molecule has 0 unspecified atom stereocenters. The van der Waals surface area contributed by atoms with Crippen LogP contribution in [0.15, 0.2) is 48.8 Å². The minimum absolute atomic E-state index is 0.0984. The van der Waals surface area contributed by atoms with E-state index in [1.165, 1.54) is 0 Å². The van der Waals surface area contributed by atoms with Gasteiger partial charge in [0.25, 0.3) is 5.92 Å². The predicted molar refractivity (Wildman–Crippen MR) is 135 cm³/mol. The van der Waals surface area contributed by atoms with Crippen molar-refractivity contribution in [2.75, 3.05) is 26.7 Å². The Morgan fingerprint density at radius 2 is 1.70 bits per heavy atom. The van der Waals surface area contributed by atoms with Gasteiger partial charge in [0, 0.05) is 30.1 Å². The molecule has 2 aromatic carbocycles. The van der Waals surface area contributed by atoms with Gasteiger partial charge in [-0.05, 0) is 84.8 Å². The number of aromatic nitrogens is 4. The molecule has 0 spiro atoms. The number of hydrogen-bond donors (Lipinski definition) is 2. The van der Waals surface area contributed by atoms with E-state index >= 15 is 8.78 Å². The minimum atomic E-state index is -3.78. The Bertz CT molecular complexity index is 1360. The molecule has 2 bridgehead atoms. The molecule has 1 atom stereocenters. The zero-order chi connectivity index (χ0) is 28.4. The largest absolute Gasteiger partial charge is 0.491 e. The molecule has 40 heavy (non-hydrogen) atoms. The van der Waals surface area contributed by atoms with E-state index in [1.54, 1.807) is 12.1 Å². The third kappa shape index (κ3) is 4.19. The summed E-state index contributed by atoms with van der Waals surface area (Å²) in [7, 11) is 2.01. The number of benzene rings is 2. The summed E-state index contributed by atoms with van der Waals surface area (Å²) in [5.41, 5.74) is -5.76. The lowest BCUT2D eigenvalue weighted by molar-refractivity contribution is -0.347. The first-order valence-corrected chi connectivity index (χ1v) is 13.3. The first-order valence-electron chi connectivity index (χ1n) is 13.3. The number of rotatable bonds is 9. The van der Waals surface area contributed by atoms with Crippen LogP contribution in [0.1, 0.15) is 43.2 Å². The summed E-state index contributed by atoms with van der Waals surface area (Å²) in [4.78, 5) is 2.16. The molecule has 3 saturated carbocycles. The van der Waals surface area contributed by atoms with E-state index in [9.17, 15) is 19.0 Å². The molecule has 1 aliphatic heterocycles. The summed E-state index contributed by atoms with van der Waals surface area (Å²) in [6.07, 6.45) is 2.61. The molecule has 2 heterocycles. The Morgan fingerprint density at radius 3 is 2.30 bits per heavy atom. The fourth-order valence-electron chi connectivity index (χ4n) is 6.83. The van der Waals surface area contributed by atoms with Crippen LogP contribution < -0.4 is 4.74 Å². The summed E-state index contributed by atoms with van der Waals surface area (Å²) in [6.45, 7) is 0.970. The van der Waals surface area contributed by atoms with Crippen molar-refractivity contribution >= 4 is 0 Å². The lowest BCUT2D eigenvalue weighted by Gasteiger charge is -2.74. The fraction of sp³-hybridized carbons (Fsp3) is 0.536. The van der Waals surface area contributed by atoms with Gasteiger partial charge in [-0.25, -0.2) is 22.2 Å². The first kappa shape index (κ1) is 27.1. The number of hydrogen-bond acceptors (Lipinski definition) is 7. The van der Waals surface area contributed by atoms with Gasteiger partial charge >= 0.3 is 0 Å². The van der Waals surface area contributed by atoms with Crippen LogP contribution in [-0.2, 0) is 17.6 Å². The van der Waals surface area contributed by atoms with E-state index in [0.717, 1.165) is 41.8 Å². The molecule has 0 radical (unpaired) electrons. The lowest BCUT2D eigenvalue weighted by Crippen LogP contribution is -2.76. The van der Waals surface area contributed by atoms with E-state index in [0.29, 0.717) is 24.7 Å². The second kappa shape index (κ2) is 9.22. The maximum absolute atomic E-state index is 16.3. The van der Waals surface area contributed by atoms with Crippen LogP contribution in [0.3, 0.4) is 0 Å². The van der Waals surface area contributed by atoms with Crippen molar-refractivity contribution < 1.29 is 32.5 Å². The van der Waals surface area contributed by atoms with Crippen molar-refractivity contribution in [3.8, 4) is 5.75 Å². The third-order valence-corrected chi connectivity index (χ3v) is 9.27. The summed E-state index contributed by atoms with van der Waals surface area (Å²) >= 11 is 0. The summed E-state index contributed by atoms with van der Waals surface area (Å²) in [5.74, 6) is -5.40. The molecule has 8 nitrogen and oxygen atoms in total. The molecular weight excluding hydrogens is 530 g/mol. The molecule has 3 aliphatic carbocycles. The second-order valence-electron chi connectivity index (χ2n) is 12.0. The minimum Gasteiger partial charge on any atom is -0.491 e.